The summed E-state index contributed by atoms with van der Waals surface area (Å²) in [6.45, 7) is 6.84. The van der Waals surface area contributed by atoms with Crippen molar-refractivity contribution in [3.05, 3.63) is 89.7 Å². The van der Waals surface area contributed by atoms with Crippen LogP contribution < -0.4 is 10.4 Å². The van der Waals surface area contributed by atoms with Crippen molar-refractivity contribution in [2.75, 3.05) is 6.61 Å². The van der Waals surface area contributed by atoms with Gasteiger partial charge in [-0.3, -0.25) is 0 Å². The van der Waals surface area contributed by atoms with Crippen molar-refractivity contribution < 1.29 is 9.53 Å². The summed E-state index contributed by atoms with van der Waals surface area (Å²) in [6, 6.07) is 24.3. The van der Waals surface area contributed by atoms with E-state index in [2.05, 4.69) is 74.3 Å². The van der Waals surface area contributed by atoms with Gasteiger partial charge in [0.05, 0.1) is 6.61 Å². The Morgan fingerprint density at radius 1 is 0.929 bits per heavy atom. The fourth-order valence-corrected chi connectivity index (χ4v) is 8.32. The molecule has 28 heavy (non-hydrogen) atoms. The maximum absolute atomic E-state index is 10.7. The third-order valence-electron chi connectivity index (χ3n) is 5.01. The van der Waals surface area contributed by atoms with Gasteiger partial charge in [-0.25, -0.2) is 4.98 Å². The Balaban J connectivity index is 2.02. The highest BCUT2D eigenvalue weighted by Crippen LogP contribution is 2.37. The van der Waals surface area contributed by atoms with Gasteiger partial charge in [0.15, 0.2) is 0 Å². The molecule has 0 fully saturated rings. The van der Waals surface area contributed by atoms with Crippen molar-refractivity contribution in [3.63, 3.8) is 0 Å². The predicted molar refractivity (Wildman–Crippen MR) is 118 cm³/mol. The quantitative estimate of drug-likeness (QED) is 0.484. The number of rotatable bonds is 6. The molecule has 3 aromatic rings. The molecular formula is C23H26ClNO2Si. The third-order valence-corrected chi connectivity index (χ3v) is 10.2. The lowest BCUT2D eigenvalue weighted by atomic mass is 10.2. The van der Waals surface area contributed by atoms with Crippen LogP contribution in [0, 0.1) is 0 Å². The Hall–Kier alpha value is -1.98. The van der Waals surface area contributed by atoms with Crippen LogP contribution in [0.4, 0.5) is 0 Å². The highest BCUT2D eigenvalue weighted by atomic mass is 35.5. The number of nitrogens with zero attached hydrogens (tertiary/aromatic N) is 1. The molecule has 1 unspecified atom stereocenters. The summed E-state index contributed by atoms with van der Waals surface area (Å²) in [4.78, 5) is 4.07. The molecule has 3 nitrogen and oxygen atoms in total. The average Bonchev–Trinajstić information content (AvgIpc) is 2.69. The van der Waals surface area contributed by atoms with E-state index < -0.39 is 14.4 Å². The summed E-state index contributed by atoms with van der Waals surface area (Å²) in [5.74, 6) is 0. The molecule has 3 rings (SSSR count). The lowest BCUT2D eigenvalue weighted by molar-refractivity contribution is 0.102. The number of aliphatic hydroxyl groups excluding tert-OH is 1. The van der Waals surface area contributed by atoms with E-state index in [1.54, 1.807) is 18.3 Å². The van der Waals surface area contributed by atoms with Gasteiger partial charge in [0.2, 0.25) is 0 Å². The summed E-state index contributed by atoms with van der Waals surface area (Å²) in [5, 5.41) is 13.4. The SMILES string of the molecule is CC(C)(C)[Si](OCC(O)c1ccc(Cl)nc1)(c1ccccc1)c1ccccc1. The number of hydrogen-bond donors (Lipinski definition) is 1. The summed E-state index contributed by atoms with van der Waals surface area (Å²) >= 11 is 5.87. The van der Waals surface area contributed by atoms with Gasteiger partial charge >= 0.3 is 0 Å². The van der Waals surface area contributed by atoms with Crippen LogP contribution in [-0.4, -0.2) is 25.0 Å². The van der Waals surface area contributed by atoms with Gasteiger partial charge in [0.1, 0.15) is 11.3 Å². The van der Waals surface area contributed by atoms with Crippen molar-refractivity contribution in [3.8, 4) is 0 Å². The van der Waals surface area contributed by atoms with Crippen LogP contribution in [0.2, 0.25) is 10.2 Å². The van der Waals surface area contributed by atoms with Gasteiger partial charge in [-0.2, -0.15) is 0 Å². The number of benzene rings is 2. The first-order chi connectivity index (χ1) is 13.3. The molecule has 0 saturated carbocycles. The molecule has 1 N–H and O–H groups in total. The van der Waals surface area contributed by atoms with Crippen LogP contribution in [0.1, 0.15) is 32.4 Å². The Bertz CT molecular complexity index is 840. The normalized spacial score (nSPS) is 13.3. The zero-order chi connectivity index (χ0) is 20.2. The van der Waals surface area contributed by atoms with E-state index in [1.807, 2.05) is 12.1 Å². The fourth-order valence-electron chi connectivity index (χ4n) is 3.65. The molecule has 1 aromatic heterocycles. The molecule has 0 aliphatic heterocycles. The molecule has 0 spiro atoms. The van der Waals surface area contributed by atoms with Crippen LogP contribution in [0.25, 0.3) is 0 Å². The minimum Gasteiger partial charge on any atom is -0.404 e. The molecule has 0 radical (unpaired) electrons. The Kier molecular flexibility index (Phi) is 6.35. The lowest BCUT2D eigenvalue weighted by Crippen LogP contribution is -2.66. The number of aromatic nitrogens is 1. The molecule has 146 valence electrons. The van der Waals surface area contributed by atoms with Crippen LogP contribution in [0.3, 0.4) is 0 Å². The first-order valence-corrected chi connectivity index (χ1v) is 11.7. The molecule has 1 atom stereocenters. The van der Waals surface area contributed by atoms with Crippen LogP contribution in [0.5, 0.6) is 0 Å². The molecule has 0 aliphatic rings. The number of hydrogen-bond acceptors (Lipinski definition) is 3. The zero-order valence-electron chi connectivity index (χ0n) is 16.5. The standard InChI is InChI=1S/C23H26ClNO2Si/c1-23(2,3)28(19-10-6-4-7-11-19,20-12-8-5-9-13-20)27-17-21(26)18-14-15-22(24)25-16-18/h4-16,21,26H,17H2,1-3H3. The van der Waals surface area contributed by atoms with Crippen LogP contribution in [-0.2, 0) is 4.43 Å². The van der Waals surface area contributed by atoms with Crippen molar-refractivity contribution >= 4 is 30.3 Å². The van der Waals surface area contributed by atoms with Crippen molar-refractivity contribution in [2.24, 2.45) is 0 Å². The molecular weight excluding hydrogens is 386 g/mol. The van der Waals surface area contributed by atoms with Gasteiger partial charge < -0.3 is 9.53 Å². The smallest absolute Gasteiger partial charge is 0.261 e. The molecule has 1 heterocycles. The average molecular weight is 412 g/mol. The van der Waals surface area contributed by atoms with Crippen molar-refractivity contribution in [2.45, 2.75) is 31.9 Å². The van der Waals surface area contributed by atoms with E-state index in [0.29, 0.717) is 10.7 Å². The third kappa shape index (κ3) is 4.20. The molecule has 0 saturated heterocycles. The largest absolute Gasteiger partial charge is 0.404 e. The second-order valence-electron chi connectivity index (χ2n) is 7.90. The number of pyridine rings is 1. The summed E-state index contributed by atoms with van der Waals surface area (Å²) in [6.07, 6.45) is 0.827. The van der Waals surface area contributed by atoms with Gasteiger partial charge in [0, 0.05) is 11.8 Å². The Morgan fingerprint density at radius 3 is 1.89 bits per heavy atom. The minimum absolute atomic E-state index is 0.131. The van der Waals surface area contributed by atoms with E-state index in [0.717, 1.165) is 0 Å². The summed E-state index contributed by atoms with van der Waals surface area (Å²) in [5.41, 5.74) is 0.697. The minimum atomic E-state index is -2.66. The van der Waals surface area contributed by atoms with E-state index in [9.17, 15) is 5.11 Å². The predicted octanol–water partition coefficient (Wildman–Crippen LogP) is 4.35. The Morgan fingerprint density at radius 2 is 1.46 bits per heavy atom. The first-order valence-electron chi connectivity index (χ1n) is 9.39. The van der Waals surface area contributed by atoms with E-state index in [-0.39, 0.29) is 11.6 Å². The maximum Gasteiger partial charge on any atom is 0.261 e. The molecule has 5 heteroatoms. The fraction of sp³-hybridized carbons (Fsp3) is 0.261. The maximum atomic E-state index is 10.7. The highest BCUT2D eigenvalue weighted by Gasteiger charge is 2.50. The van der Waals surface area contributed by atoms with Crippen LogP contribution in [0.15, 0.2) is 79.0 Å². The van der Waals surface area contributed by atoms with Crippen molar-refractivity contribution in [1.82, 2.24) is 4.98 Å². The Labute approximate surface area is 173 Å². The first kappa shape index (κ1) is 20.7. The van der Waals surface area contributed by atoms with E-state index in [1.165, 1.54) is 10.4 Å². The summed E-state index contributed by atoms with van der Waals surface area (Å²) in [7, 11) is -2.66. The lowest BCUT2D eigenvalue weighted by Gasteiger charge is -2.43. The van der Waals surface area contributed by atoms with Crippen LogP contribution >= 0.6 is 11.6 Å². The van der Waals surface area contributed by atoms with Gasteiger partial charge in [-0.15, -0.1) is 0 Å². The zero-order valence-corrected chi connectivity index (χ0v) is 18.2. The van der Waals surface area contributed by atoms with Gasteiger partial charge in [-0.05, 0) is 21.5 Å². The van der Waals surface area contributed by atoms with Gasteiger partial charge in [0.25, 0.3) is 8.32 Å². The highest BCUT2D eigenvalue weighted by molar-refractivity contribution is 6.99. The second kappa shape index (κ2) is 8.58. The van der Waals surface area contributed by atoms with E-state index >= 15 is 0 Å². The second-order valence-corrected chi connectivity index (χ2v) is 12.6. The molecule has 0 aliphatic carbocycles. The summed E-state index contributed by atoms with van der Waals surface area (Å²) < 4.78 is 6.74. The van der Waals surface area contributed by atoms with Crippen molar-refractivity contribution in [1.29, 1.82) is 0 Å². The molecule has 2 aromatic carbocycles. The molecule has 0 amide bonds. The van der Waals surface area contributed by atoms with Gasteiger partial charge in [-0.1, -0.05) is 99.1 Å². The van der Waals surface area contributed by atoms with E-state index in [4.69, 9.17) is 16.0 Å². The number of aliphatic hydroxyl groups is 1. The topological polar surface area (TPSA) is 42.4 Å². The number of halogens is 1. The molecule has 0 bridgehead atoms. The monoisotopic (exact) mass is 411 g/mol.